The Balaban J connectivity index is 1.22. The lowest BCUT2D eigenvalue weighted by Gasteiger charge is -2.27. The highest BCUT2D eigenvalue weighted by molar-refractivity contribution is 7.26. The lowest BCUT2D eigenvalue weighted by atomic mass is 9.98. The van der Waals surface area contributed by atoms with Crippen LogP contribution in [0.4, 0.5) is 17.1 Å². The SMILES string of the molecule is c1ccc(-c2ccc(N(c3ccc4c(c3)oc3ccccc34)c3ccc4oc5cccc(-c6ccccc6)c5c4c3)c3c2sc2ccccc23)cc1. The van der Waals surface area contributed by atoms with Gasteiger partial charge in [-0.2, -0.15) is 0 Å². The van der Waals surface area contributed by atoms with Crippen molar-refractivity contribution < 1.29 is 8.83 Å². The highest BCUT2D eigenvalue weighted by Gasteiger charge is 2.23. The van der Waals surface area contributed by atoms with Crippen molar-refractivity contribution >= 4 is 92.4 Å². The van der Waals surface area contributed by atoms with Crippen LogP contribution in [0.1, 0.15) is 0 Å². The van der Waals surface area contributed by atoms with Gasteiger partial charge in [0, 0.05) is 59.2 Å². The second kappa shape index (κ2) is 11.5. The first kappa shape index (κ1) is 29.1. The number of benzene rings is 8. The lowest BCUT2D eigenvalue weighted by molar-refractivity contribution is 0.668. The maximum atomic E-state index is 6.50. The van der Waals surface area contributed by atoms with Crippen molar-refractivity contribution in [3.8, 4) is 22.3 Å². The number of nitrogens with zero attached hydrogens (tertiary/aromatic N) is 1. The minimum absolute atomic E-state index is 0.859. The summed E-state index contributed by atoms with van der Waals surface area (Å²) < 4.78 is 15.5. The third-order valence-electron chi connectivity index (χ3n) is 10.3. The van der Waals surface area contributed by atoms with E-state index in [1.54, 1.807) is 0 Å². The largest absolute Gasteiger partial charge is 0.456 e. The van der Waals surface area contributed by atoms with E-state index in [0.29, 0.717) is 0 Å². The Kier molecular flexibility index (Phi) is 6.42. The summed E-state index contributed by atoms with van der Waals surface area (Å²) in [5.41, 5.74) is 11.4. The van der Waals surface area contributed by atoms with Gasteiger partial charge in [-0.25, -0.2) is 0 Å². The van der Waals surface area contributed by atoms with Crippen LogP contribution in [0, 0.1) is 0 Å². The number of anilines is 3. The van der Waals surface area contributed by atoms with Gasteiger partial charge in [-0.05, 0) is 76.9 Å². The van der Waals surface area contributed by atoms with Gasteiger partial charge in [0.25, 0.3) is 0 Å². The normalized spacial score (nSPS) is 11.8. The Morgan fingerprint density at radius 2 is 1.02 bits per heavy atom. The zero-order chi connectivity index (χ0) is 34.2. The third-order valence-corrected chi connectivity index (χ3v) is 11.5. The maximum Gasteiger partial charge on any atom is 0.137 e. The standard InChI is InChI=1S/C48H29NO2S/c1-3-12-30(13-4-1)34-18-11-20-43-46(34)39-28-32(23-27-42(39)50-43)49(33-22-24-37-36-16-7-9-19-41(36)51-44(37)29-33)40-26-25-35(31-14-5-2-6-15-31)48-47(40)38-17-8-10-21-45(38)52-48/h1-29H. The molecular weight excluding hydrogens is 655 g/mol. The summed E-state index contributed by atoms with van der Waals surface area (Å²) in [6.07, 6.45) is 0. The summed E-state index contributed by atoms with van der Waals surface area (Å²) in [6, 6.07) is 62.4. The van der Waals surface area contributed by atoms with Crippen LogP contribution in [0.2, 0.25) is 0 Å². The fourth-order valence-corrected chi connectivity index (χ4v) is 9.19. The molecule has 3 heterocycles. The fourth-order valence-electron chi connectivity index (χ4n) is 7.94. The first-order valence-corrected chi connectivity index (χ1v) is 18.3. The summed E-state index contributed by atoms with van der Waals surface area (Å²) >= 11 is 1.86. The van der Waals surface area contributed by atoms with Gasteiger partial charge < -0.3 is 13.7 Å². The number of para-hydroxylation sites is 1. The van der Waals surface area contributed by atoms with Crippen molar-refractivity contribution in [2.75, 3.05) is 4.90 Å². The van der Waals surface area contributed by atoms with E-state index in [9.17, 15) is 0 Å². The van der Waals surface area contributed by atoms with Crippen LogP contribution >= 0.6 is 11.3 Å². The van der Waals surface area contributed by atoms with Crippen LogP contribution < -0.4 is 4.90 Å². The highest BCUT2D eigenvalue weighted by atomic mass is 32.1. The molecule has 0 aliphatic rings. The molecule has 0 aliphatic heterocycles. The van der Waals surface area contributed by atoms with E-state index in [1.807, 2.05) is 23.5 Å². The Hall–Kier alpha value is -6.62. The van der Waals surface area contributed by atoms with Crippen molar-refractivity contribution in [2.24, 2.45) is 0 Å². The number of rotatable bonds is 5. The molecule has 244 valence electrons. The first-order chi connectivity index (χ1) is 25.8. The quantitative estimate of drug-likeness (QED) is 0.181. The average Bonchev–Trinajstić information content (AvgIpc) is 3.90. The van der Waals surface area contributed by atoms with Gasteiger partial charge in [0.2, 0.25) is 0 Å². The summed E-state index contributed by atoms with van der Waals surface area (Å²) in [5, 5.41) is 6.89. The minimum atomic E-state index is 0.859. The van der Waals surface area contributed by atoms with Crippen LogP contribution in [0.25, 0.3) is 86.3 Å². The van der Waals surface area contributed by atoms with Crippen molar-refractivity contribution in [2.45, 2.75) is 0 Å². The molecule has 11 rings (SSSR count). The van der Waals surface area contributed by atoms with Gasteiger partial charge in [-0.3, -0.25) is 0 Å². The van der Waals surface area contributed by atoms with Crippen molar-refractivity contribution in [1.82, 2.24) is 0 Å². The molecule has 0 saturated carbocycles. The monoisotopic (exact) mass is 683 g/mol. The number of furan rings is 2. The number of thiophene rings is 1. The summed E-state index contributed by atoms with van der Waals surface area (Å²) in [7, 11) is 0. The number of fused-ring (bicyclic) bond motifs is 9. The molecule has 0 radical (unpaired) electrons. The van der Waals surface area contributed by atoms with Gasteiger partial charge in [0.05, 0.1) is 5.69 Å². The van der Waals surface area contributed by atoms with Crippen molar-refractivity contribution in [1.29, 1.82) is 0 Å². The molecule has 0 N–H and O–H groups in total. The molecule has 3 aromatic heterocycles. The van der Waals surface area contributed by atoms with Crippen LogP contribution in [-0.2, 0) is 0 Å². The van der Waals surface area contributed by atoms with Crippen LogP contribution in [0.3, 0.4) is 0 Å². The molecule has 0 saturated heterocycles. The van der Waals surface area contributed by atoms with Gasteiger partial charge in [0.15, 0.2) is 0 Å². The van der Waals surface area contributed by atoms with E-state index in [2.05, 4.69) is 169 Å². The molecule has 0 aliphatic carbocycles. The topological polar surface area (TPSA) is 29.5 Å². The molecule has 0 amide bonds. The smallest absolute Gasteiger partial charge is 0.137 e. The van der Waals surface area contributed by atoms with Gasteiger partial charge >= 0.3 is 0 Å². The van der Waals surface area contributed by atoms with E-state index >= 15 is 0 Å². The molecule has 3 nitrogen and oxygen atoms in total. The van der Waals surface area contributed by atoms with Crippen molar-refractivity contribution in [3.05, 3.63) is 176 Å². The highest BCUT2D eigenvalue weighted by Crippen LogP contribution is 2.49. The van der Waals surface area contributed by atoms with E-state index in [-0.39, 0.29) is 0 Å². The molecule has 8 aromatic carbocycles. The van der Waals surface area contributed by atoms with Crippen LogP contribution in [0.15, 0.2) is 185 Å². The Morgan fingerprint density at radius 3 is 1.87 bits per heavy atom. The molecule has 0 atom stereocenters. The molecular formula is C48H29NO2S. The predicted molar refractivity (Wildman–Crippen MR) is 219 cm³/mol. The summed E-state index contributed by atoms with van der Waals surface area (Å²) in [5.74, 6) is 0. The van der Waals surface area contributed by atoms with Gasteiger partial charge in [-0.1, -0.05) is 115 Å². The van der Waals surface area contributed by atoms with Crippen LogP contribution in [-0.4, -0.2) is 0 Å². The predicted octanol–water partition coefficient (Wildman–Crippen LogP) is 14.7. The minimum Gasteiger partial charge on any atom is -0.456 e. The number of hydrogen-bond acceptors (Lipinski definition) is 4. The van der Waals surface area contributed by atoms with E-state index in [1.165, 1.54) is 31.3 Å². The average molecular weight is 684 g/mol. The molecule has 0 bridgehead atoms. The van der Waals surface area contributed by atoms with Crippen LogP contribution in [0.5, 0.6) is 0 Å². The zero-order valence-corrected chi connectivity index (χ0v) is 28.7. The molecule has 11 aromatic rings. The Bertz CT molecular complexity index is 3130. The Morgan fingerprint density at radius 1 is 0.385 bits per heavy atom. The second-order valence-electron chi connectivity index (χ2n) is 13.2. The van der Waals surface area contributed by atoms with Gasteiger partial charge in [-0.15, -0.1) is 11.3 Å². The summed E-state index contributed by atoms with van der Waals surface area (Å²) in [4.78, 5) is 2.40. The first-order valence-electron chi connectivity index (χ1n) is 17.5. The van der Waals surface area contributed by atoms with E-state index in [4.69, 9.17) is 8.83 Å². The lowest BCUT2D eigenvalue weighted by Crippen LogP contribution is -2.10. The van der Waals surface area contributed by atoms with E-state index < -0.39 is 0 Å². The maximum absolute atomic E-state index is 6.50. The fraction of sp³-hybridized carbons (Fsp3) is 0. The molecule has 0 fully saturated rings. The molecule has 52 heavy (non-hydrogen) atoms. The van der Waals surface area contributed by atoms with Gasteiger partial charge in [0.1, 0.15) is 22.3 Å². The molecule has 0 unspecified atom stereocenters. The van der Waals surface area contributed by atoms with Crippen molar-refractivity contribution in [3.63, 3.8) is 0 Å². The Labute approximate surface area is 303 Å². The zero-order valence-electron chi connectivity index (χ0n) is 27.9. The third kappa shape index (κ3) is 4.45. The molecule has 4 heteroatoms. The number of hydrogen-bond donors (Lipinski definition) is 0. The van der Waals surface area contributed by atoms with E-state index in [0.717, 1.165) is 72.1 Å². The second-order valence-corrected chi connectivity index (χ2v) is 14.3. The molecule has 0 spiro atoms. The summed E-state index contributed by atoms with van der Waals surface area (Å²) in [6.45, 7) is 0.